The van der Waals surface area contributed by atoms with Crippen molar-refractivity contribution in [2.24, 2.45) is 5.73 Å². The average molecular weight is 368 g/mol. The van der Waals surface area contributed by atoms with E-state index in [4.69, 9.17) is 5.73 Å². The summed E-state index contributed by atoms with van der Waals surface area (Å²) in [4.78, 5) is 0. The lowest BCUT2D eigenvalue weighted by molar-refractivity contribution is 0.538. The standard InChI is InChI=1S/C23H41N.ClH/c1-5-7-8-9-10-11-12-13-14-15-16-21-19-20(6-2)17-18-22(21)23(3,4)24;/h17-19H,5-16,24H2,1-4H3;1H. The molecule has 0 saturated carbocycles. The summed E-state index contributed by atoms with van der Waals surface area (Å²) in [7, 11) is 0. The van der Waals surface area contributed by atoms with Crippen LogP contribution in [0.15, 0.2) is 18.2 Å². The van der Waals surface area contributed by atoms with Crippen LogP contribution in [0.2, 0.25) is 0 Å². The van der Waals surface area contributed by atoms with Gasteiger partial charge in [0.1, 0.15) is 0 Å². The second-order valence-corrected chi connectivity index (χ2v) is 8.00. The van der Waals surface area contributed by atoms with Crippen LogP contribution in [0, 0.1) is 0 Å². The molecule has 0 atom stereocenters. The topological polar surface area (TPSA) is 26.0 Å². The van der Waals surface area contributed by atoms with Gasteiger partial charge in [-0.2, -0.15) is 0 Å². The summed E-state index contributed by atoms with van der Waals surface area (Å²) in [5.74, 6) is 0. The second kappa shape index (κ2) is 13.6. The van der Waals surface area contributed by atoms with Crippen LogP contribution in [0.3, 0.4) is 0 Å². The molecule has 1 nitrogen and oxygen atoms in total. The molecule has 25 heavy (non-hydrogen) atoms. The predicted molar refractivity (Wildman–Crippen MR) is 116 cm³/mol. The normalized spacial score (nSPS) is 11.4. The smallest absolute Gasteiger partial charge is 0.0355 e. The Morgan fingerprint density at radius 3 is 1.80 bits per heavy atom. The van der Waals surface area contributed by atoms with E-state index in [0.29, 0.717) is 0 Å². The molecule has 0 saturated heterocycles. The lowest BCUT2D eigenvalue weighted by atomic mass is 9.87. The van der Waals surface area contributed by atoms with E-state index in [0.717, 1.165) is 6.42 Å². The molecule has 1 aromatic carbocycles. The van der Waals surface area contributed by atoms with Crippen molar-refractivity contribution in [2.45, 2.75) is 110 Å². The number of rotatable bonds is 13. The van der Waals surface area contributed by atoms with Gasteiger partial charge in [-0.05, 0) is 49.8 Å². The van der Waals surface area contributed by atoms with Crippen molar-refractivity contribution in [3.8, 4) is 0 Å². The van der Waals surface area contributed by atoms with Crippen molar-refractivity contribution in [3.05, 3.63) is 34.9 Å². The molecule has 146 valence electrons. The number of nitrogens with two attached hydrogens (primary N) is 1. The van der Waals surface area contributed by atoms with Crippen LogP contribution in [-0.4, -0.2) is 0 Å². The van der Waals surface area contributed by atoms with Crippen molar-refractivity contribution in [1.82, 2.24) is 0 Å². The quantitative estimate of drug-likeness (QED) is 0.363. The van der Waals surface area contributed by atoms with Gasteiger partial charge in [0.25, 0.3) is 0 Å². The van der Waals surface area contributed by atoms with Gasteiger partial charge < -0.3 is 5.73 Å². The minimum atomic E-state index is -0.236. The van der Waals surface area contributed by atoms with Gasteiger partial charge in [-0.3, -0.25) is 0 Å². The van der Waals surface area contributed by atoms with Gasteiger partial charge in [0, 0.05) is 5.54 Å². The second-order valence-electron chi connectivity index (χ2n) is 8.00. The Morgan fingerprint density at radius 1 is 0.800 bits per heavy atom. The SMILES string of the molecule is CCCCCCCCCCCCc1cc(CC)ccc1C(C)(C)N.Cl. The van der Waals surface area contributed by atoms with E-state index in [2.05, 4.69) is 45.9 Å². The highest BCUT2D eigenvalue weighted by molar-refractivity contribution is 5.85. The van der Waals surface area contributed by atoms with Gasteiger partial charge in [0.15, 0.2) is 0 Å². The molecule has 1 aromatic rings. The summed E-state index contributed by atoms with van der Waals surface area (Å²) in [6, 6.07) is 6.88. The summed E-state index contributed by atoms with van der Waals surface area (Å²) >= 11 is 0. The minimum absolute atomic E-state index is 0. The lowest BCUT2D eigenvalue weighted by Gasteiger charge is -2.23. The molecular weight excluding hydrogens is 326 g/mol. The van der Waals surface area contributed by atoms with E-state index in [1.807, 2.05) is 0 Å². The Morgan fingerprint density at radius 2 is 1.32 bits per heavy atom. The molecule has 0 amide bonds. The van der Waals surface area contributed by atoms with Crippen molar-refractivity contribution >= 4 is 12.4 Å². The summed E-state index contributed by atoms with van der Waals surface area (Å²) in [5.41, 5.74) is 10.4. The number of hydrogen-bond donors (Lipinski definition) is 1. The maximum absolute atomic E-state index is 6.37. The van der Waals surface area contributed by atoms with Crippen LogP contribution in [-0.2, 0) is 18.4 Å². The number of unbranched alkanes of at least 4 members (excludes halogenated alkanes) is 9. The van der Waals surface area contributed by atoms with Crippen molar-refractivity contribution in [2.75, 3.05) is 0 Å². The van der Waals surface area contributed by atoms with E-state index in [9.17, 15) is 0 Å². The molecule has 0 fully saturated rings. The minimum Gasteiger partial charge on any atom is -0.322 e. The molecule has 0 aliphatic rings. The molecule has 0 bridgehead atoms. The predicted octanol–water partition coefficient (Wildman–Crippen LogP) is 7.33. The Labute approximate surface area is 163 Å². The van der Waals surface area contributed by atoms with Gasteiger partial charge in [0.2, 0.25) is 0 Å². The van der Waals surface area contributed by atoms with E-state index in [1.165, 1.54) is 87.3 Å². The van der Waals surface area contributed by atoms with E-state index in [-0.39, 0.29) is 17.9 Å². The third-order valence-electron chi connectivity index (χ3n) is 5.07. The van der Waals surface area contributed by atoms with Crippen molar-refractivity contribution in [1.29, 1.82) is 0 Å². The number of hydrogen-bond acceptors (Lipinski definition) is 1. The zero-order chi connectivity index (χ0) is 17.8. The fourth-order valence-corrected chi connectivity index (χ4v) is 3.51. The fraction of sp³-hybridized carbons (Fsp3) is 0.739. The molecule has 0 aromatic heterocycles. The first-order valence-electron chi connectivity index (χ1n) is 10.4. The van der Waals surface area contributed by atoms with Crippen LogP contribution >= 0.6 is 12.4 Å². The fourth-order valence-electron chi connectivity index (χ4n) is 3.51. The van der Waals surface area contributed by atoms with Gasteiger partial charge in [-0.25, -0.2) is 0 Å². The Hall–Kier alpha value is -0.530. The molecule has 0 aliphatic carbocycles. The van der Waals surface area contributed by atoms with E-state index < -0.39 is 0 Å². The average Bonchev–Trinajstić information content (AvgIpc) is 2.55. The third-order valence-corrected chi connectivity index (χ3v) is 5.07. The highest BCUT2D eigenvalue weighted by Crippen LogP contribution is 2.25. The molecule has 0 radical (unpaired) electrons. The van der Waals surface area contributed by atoms with Crippen LogP contribution in [0.5, 0.6) is 0 Å². The van der Waals surface area contributed by atoms with E-state index in [1.54, 1.807) is 0 Å². The highest BCUT2D eigenvalue weighted by atomic mass is 35.5. The summed E-state index contributed by atoms with van der Waals surface area (Å²) in [6.45, 7) is 8.76. The molecule has 0 spiro atoms. The maximum atomic E-state index is 6.37. The molecular formula is C23H42ClN. The molecule has 1 rings (SSSR count). The summed E-state index contributed by atoms with van der Waals surface area (Å²) in [5, 5.41) is 0. The van der Waals surface area contributed by atoms with E-state index >= 15 is 0 Å². The van der Waals surface area contributed by atoms with Gasteiger partial charge >= 0.3 is 0 Å². The largest absolute Gasteiger partial charge is 0.322 e. The van der Waals surface area contributed by atoms with Crippen LogP contribution in [0.25, 0.3) is 0 Å². The van der Waals surface area contributed by atoms with Crippen molar-refractivity contribution < 1.29 is 0 Å². The lowest BCUT2D eigenvalue weighted by Crippen LogP contribution is -2.30. The number of aryl methyl sites for hydroxylation is 2. The number of benzene rings is 1. The molecule has 0 aliphatic heterocycles. The first-order valence-corrected chi connectivity index (χ1v) is 10.4. The maximum Gasteiger partial charge on any atom is 0.0355 e. The third kappa shape index (κ3) is 10.3. The first kappa shape index (κ1) is 24.5. The monoisotopic (exact) mass is 367 g/mol. The molecule has 2 heteroatoms. The first-order chi connectivity index (χ1) is 11.5. The molecule has 0 unspecified atom stereocenters. The Kier molecular flexibility index (Phi) is 13.4. The Balaban J connectivity index is 0.00000576. The van der Waals surface area contributed by atoms with Crippen LogP contribution < -0.4 is 5.73 Å². The molecule has 0 heterocycles. The van der Waals surface area contributed by atoms with Crippen LogP contribution in [0.1, 0.15) is 109 Å². The number of halogens is 1. The zero-order valence-corrected chi connectivity index (χ0v) is 18.0. The molecule has 2 N–H and O–H groups in total. The highest BCUT2D eigenvalue weighted by Gasteiger charge is 2.18. The Bertz CT molecular complexity index is 448. The van der Waals surface area contributed by atoms with Crippen LogP contribution in [0.4, 0.5) is 0 Å². The van der Waals surface area contributed by atoms with Gasteiger partial charge in [-0.15, -0.1) is 12.4 Å². The zero-order valence-electron chi connectivity index (χ0n) is 17.2. The van der Waals surface area contributed by atoms with Gasteiger partial charge in [-0.1, -0.05) is 89.8 Å². The van der Waals surface area contributed by atoms with Gasteiger partial charge in [0.05, 0.1) is 0 Å². The van der Waals surface area contributed by atoms with Crippen molar-refractivity contribution in [3.63, 3.8) is 0 Å². The summed E-state index contributed by atoms with van der Waals surface area (Å²) in [6.07, 6.45) is 16.2. The summed E-state index contributed by atoms with van der Waals surface area (Å²) < 4.78 is 0.